The summed E-state index contributed by atoms with van der Waals surface area (Å²) in [4.78, 5) is 71.7. The van der Waals surface area contributed by atoms with E-state index in [2.05, 4.69) is 20.3 Å². The van der Waals surface area contributed by atoms with Crippen molar-refractivity contribution in [3.63, 3.8) is 0 Å². The smallest absolute Gasteiger partial charge is 0.345 e. The highest BCUT2D eigenvalue weighted by atomic mass is 19.4. The second-order valence-electron chi connectivity index (χ2n) is 16.6. The molecule has 5 heterocycles. The number of carbonyl (C=O) groups is 4. The SMILES string of the molecule is CC(=O)c1nn2c3c(cc(-c4cnc(C)nc4)cc13)CCCCCC(C)(C)C(=O)N(C)C[C@@]13C[C@@H](C(=O)Nc4nc(C(F)(F)F)ccc4C)N(C(=O)C2)C1[C@@H]3C. The number of halogens is 3. The van der Waals surface area contributed by atoms with Gasteiger partial charge in [-0.2, -0.15) is 18.3 Å². The monoisotopic (exact) mass is 772 g/mol. The normalized spacial score (nSPS) is 24.2. The Morgan fingerprint density at radius 2 is 1.71 bits per heavy atom. The first kappa shape index (κ1) is 39.0. The van der Waals surface area contributed by atoms with Gasteiger partial charge in [0.1, 0.15) is 35.6 Å². The molecule has 1 saturated heterocycles. The number of piperidine rings is 1. The van der Waals surface area contributed by atoms with E-state index in [1.54, 1.807) is 42.9 Å². The molecular weight excluding hydrogens is 725 g/mol. The van der Waals surface area contributed by atoms with Crippen LogP contribution in [0.15, 0.2) is 36.7 Å². The molecule has 0 radical (unpaired) electrons. The molecule has 56 heavy (non-hydrogen) atoms. The van der Waals surface area contributed by atoms with Gasteiger partial charge in [-0.25, -0.2) is 15.0 Å². The van der Waals surface area contributed by atoms with Crippen molar-refractivity contribution in [1.29, 1.82) is 0 Å². The number of rotatable bonds is 4. The highest BCUT2D eigenvalue weighted by molar-refractivity contribution is 6.07. The number of Topliss-reactive ketones (excluding diaryl/α,β-unsaturated/α-hetero) is 1. The van der Waals surface area contributed by atoms with Crippen LogP contribution in [0.3, 0.4) is 0 Å². The van der Waals surface area contributed by atoms with Crippen LogP contribution < -0.4 is 5.32 Å². The quantitative estimate of drug-likeness (QED) is 0.230. The van der Waals surface area contributed by atoms with Crippen molar-refractivity contribution >= 4 is 40.2 Å². The molecule has 7 rings (SSSR count). The third-order valence-corrected chi connectivity index (χ3v) is 12.1. The topological polar surface area (TPSA) is 143 Å². The van der Waals surface area contributed by atoms with Gasteiger partial charge in [-0.05, 0) is 80.3 Å². The summed E-state index contributed by atoms with van der Waals surface area (Å²) in [5, 5.41) is 7.90. The second-order valence-corrected chi connectivity index (χ2v) is 16.6. The molecule has 2 bridgehead atoms. The molecule has 3 amide bonds. The summed E-state index contributed by atoms with van der Waals surface area (Å²) in [6.45, 7) is 10.6. The number of nitrogens with zero attached hydrogens (tertiary/aromatic N) is 7. The first-order valence-electron chi connectivity index (χ1n) is 19.1. The third-order valence-electron chi connectivity index (χ3n) is 12.1. The molecule has 1 saturated carbocycles. The van der Waals surface area contributed by atoms with E-state index < -0.39 is 46.6 Å². The Hall–Kier alpha value is -5.21. The molecule has 1 aromatic carbocycles. The lowest BCUT2D eigenvalue weighted by molar-refractivity contribution is -0.141. The molecule has 3 aliphatic rings. The molecule has 0 spiro atoms. The van der Waals surface area contributed by atoms with Crippen LogP contribution in [-0.4, -0.2) is 83.7 Å². The number of amides is 3. The summed E-state index contributed by atoms with van der Waals surface area (Å²) in [5.74, 6) is -1.13. The van der Waals surface area contributed by atoms with Gasteiger partial charge in [0.15, 0.2) is 5.78 Å². The van der Waals surface area contributed by atoms with E-state index in [1.807, 2.05) is 32.9 Å². The van der Waals surface area contributed by atoms with Crippen molar-refractivity contribution in [3.05, 3.63) is 65.0 Å². The molecule has 4 atom stereocenters. The summed E-state index contributed by atoms with van der Waals surface area (Å²) in [6, 6.07) is 4.48. The molecule has 4 aromatic rings. The number of hydrogen-bond acceptors (Lipinski definition) is 8. The molecular formula is C41H47F3N8O4. The number of benzene rings is 1. The molecule has 12 nitrogen and oxygen atoms in total. The number of aromatic nitrogens is 5. The third kappa shape index (κ3) is 6.93. The van der Waals surface area contributed by atoms with E-state index in [9.17, 15) is 32.3 Å². The van der Waals surface area contributed by atoms with E-state index in [-0.39, 0.29) is 42.1 Å². The van der Waals surface area contributed by atoms with E-state index in [1.165, 1.54) is 17.9 Å². The van der Waals surface area contributed by atoms with E-state index in [0.717, 1.165) is 42.0 Å². The van der Waals surface area contributed by atoms with Crippen LogP contribution in [0.1, 0.15) is 92.9 Å². The van der Waals surface area contributed by atoms with Crippen molar-refractivity contribution in [2.45, 2.75) is 105 Å². The van der Waals surface area contributed by atoms with Crippen LogP contribution in [0.4, 0.5) is 19.0 Å². The van der Waals surface area contributed by atoms with Crippen LogP contribution in [0.5, 0.6) is 0 Å². The highest BCUT2D eigenvalue weighted by Gasteiger charge is 2.73. The van der Waals surface area contributed by atoms with Crippen LogP contribution in [0.2, 0.25) is 0 Å². The van der Waals surface area contributed by atoms with Gasteiger partial charge in [0.2, 0.25) is 17.7 Å². The Kier molecular flexibility index (Phi) is 9.81. The first-order chi connectivity index (χ1) is 26.3. The Morgan fingerprint density at radius 3 is 2.39 bits per heavy atom. The van der Waals surface area contributed by atoms with Gasteiger partial charge >= 0.3 is 6.18 Å². The summed E-state index contributed by atoms with van der Waals surface area (Å²) in [5.41, 5.74) is 1.16. The summed E-state index contributed by atoms with van der Waals surface area (Å²) in [7, 11) is 1.75. The molecule has 1 N–H and O–H groups in total. The fourth-order valence-corrected chi connectivity index (χ4v) is 9.10. The molecule has 2 aliphatic heterocycles. The van der Waals surface area contributed by atoms with Crippen molar-refractivity contribution in [2.24, 2.45) is 16.7 Å². The number of aryl methyl sites for hydroxylation is 3. The Bertz CT molecular complexity index is 2250. The van der Waals surface area contributed by atoms with Crippen molar-refractivity contribution in [2.75, 3.05) is 18.9 Å². The molecule has 3 aromatic heterocycles. The van der Waals surface area contributed by atoms with Gasteiger partial charge in [0, 0.05) is 60.7 Å². The van der Waals surface area contributed by atoms with E-state index >= 15 is 0 Å². The molecule has 1 aliphatic carbocycles. The van der Waals surface area contributed by atoms with Gasteiger partial charge < -0.3 is 15.1 Å². The Balaban J connectivity index is 1.33. The van der Waals surface area contributed by atoms with Gasteiger partial charge in [0.25, 0.3) is 0 Å². The zero-order valence-electron chi connectivity index (χ0n) is 32.8. The maximum absolute atomic E-state index is 14.8. The number of hydrogen-bond donors (Lipinski definition) is 1. The standard InChI is InChI=1S/C41H47F3N8O4/c1-22-12-13-31(41(42,43)44)47-36(22)48-37(55)30-17-40-21-50(7)38(56)39(5,6)14-10-8-9-11-26-15-27(28-18-45-25(4)46-19-28)16-29-33(24(3)53)49-51(34(26)29)20-32(54)52(30)35(40)23(40)2/h12-13,15-16,18-19,23,30,35H,8-11,14,17,20-21H2,1-7H3,(H,47,48,55)/t23-,30-,35?,40+/m0/s1. The average molecular weight is 773 g/mol. The van der Waals surface area contributed by atoms with E-state index in [0.29, 0.717) is 41.7 Å². The summed E-state index contributed by atoms with van der Waals surface area (Å²) >= 11 is 0. The van der Waals surface area contributed by atoms with Crippen molar-refractivity contribution in [1.82, 2.24) is 34.5 Å². The summed E-state index contributed by atoms with van der Waals surface area (Å²) < 4.78 is 42.4. The minimum atomic E-state index is -4.73. The Morgan fingerprint density at radius 1 is 1.00 bits per heavy atom. The fourth-order valence-electron chi connectivity index (χ4n) is 9.10. The van der Waals surface area contributed by atoms with Gasteiger partial charge in [-0.15, -0.1) is 0 Å². The number of ketones is 1. The van der Waals surface area contributed by atoms with Gasteiger partial charge in [-0.1, -0.05) is 39.7 Å². The van der Waals surface area contributed by atoms with Gasteiger partial charge in [-0.3, -0.25) is 23.9 Å². The van der Waals surface area contributed by atoms with Gasteiger partial charge in [0.05, 0.1) is 5.52 Å². The number of alkyl halides is 3. The van der Waals surface area contributed by atoms with Crippen LogP contribution in [-0.2, 0) is 33.5 Å². The average Bonchev–Trinajstić information content (AvgIpc) is 3.39. The zero-order valence-corrected chi connectivity index (χ0v) is 32.8. The van der Waals surface area contributed by atoms with Crippen molar-refractivity contribution < 1.29 is 32.3 Å². The number of anilines is 1. The first-order valence-corrected chi connectivity index (χ1v) is 19.1. The van der Waals surface area contributed by atoms with Crippen molar-refractivity contribution in [3.8, 4) is 11.1 Å². The fraction of sp³-hybridized carbons (Fsp3) is 0.512. The lowest BCUT2D eigenvalue weighted by Crippen LogP contribution is -2.47. The number of pyridine rings is 1. The maximum atomic E-state index is 14.8. The maximum Gasteiger partial charge on any atom is 0.433 e. The Labute approximate surface area is 323 Å². The minimum absolute atomic E-state index is 0.0322. The number of nitrogens with one attached hydrogen (secondary N) is 1. The molecule has 296 valence electrons. The van der Waals surface area contributed by atoms with E-state index in [4.69, 9.17) is 5.10 Å². The molecule has 2 fully saturated rings. The van der Waals surface area contributed by atoms with Crippen LogP contribution in [0.25, 0.3) is 22.0 Å². The molecule has 1 unspecified atom stereocenters. The number of carbonyl (C=O) groups excluding carboxylic acids is 4. The predicted molar refractivity (Wildman–Crippen MR) is 202 cm³/mol. The zero-order chi connectivity index (χ0) is 40.5. The lowest BCUT2D eigenvalue weighted by atomic mass is 9.84. The molecule has 15 heteroatoms. The van der Waals surface area contributed by atoms with Crippen LogP contribution >= 0.6 is 0 Å². The largest absolute Gasteiger partial charge is 0.433 e. The summed E-state index contributed by atoms with van der Waals surface area (Å²) in [6.07, 6.45) is 2.60. The lowest BCUT2D eigenvalue weighted by Gasteiger charge is -2.32. The minimum Gasteiger partial charge on any atom is -0.345 e. The van der Waals surface area contributed by atoms with Crippen LogP contribution in [0, 0.1) is 30.6 Å². The predicted octanol–water partition coefficient (Wildman–Crippen LogP) is 6.57. The second kappa shape index (κ2) is 14.1. The highest BCUT2D eigenvalue weighted by Crippen LogP contribution is 2.64.